The summed E-state index contributed by atoms with van der Waals surface area (Å²) in [4.78, 5) is 27.1. The van der Waals surface area contributed by atoms with Crippen LogP contribution in [0.5, 0.6) is 0 Å². The van der Waals surface area contributed by atoms with Gasteiger partial charge in [-0.2, -0.15) is 8.78 Å². The lowest BCUT2D eigenvalue weighted by Gasteiger charge is -2.22. The first-order chi connectivity index (χ1) is 16.4. The van der Waals surface area contributed by atoms with E-state index in [1.807, 2.05) is 32.9 Å². The fourth-order valence-electron chi connectivity index (χ4n) is 4.17. The quantitative estimate of drug-likeness (QED) is 0.466. The number of nitrogens with zero attached hydrogens (tertiary/aromatic N) is 1. The first-order valence-corrected chi connectivity index (χ1v) is 11.3. The molecule has 0 saturated heterocycles. The van der Waals surface area contributed by atoms with Crippen molar-refractivity contribution in [2.24, 2.45) is 0 Å². The Balaban J connectivity index is 1.64. The van der Waals surface area contributed by atoms with Crippen molar-refractivity contribution in [3.05, 3.63) is 94.0 Å². The Kier molecular flexibility index (Phi) is 7.70. The molecule has 3 aromatic rings. The highest BCUT2D eigenvalue weighted by molar-refractivity contribution is 6.07. The molecule has 0 aromatic heterocycles. The van der Waals surface area contributed by atoms with Gasteiger partial charge >= 0.3 is 0 Å². The van der Waals surface area contributed by atoms with Gasteiger partial charge in [0, 0.05) is 29.5 Å². The summed E-state index contributed by atoms with van der Waals surface area (Å²) < 4.78 is 27.8. The average molecular weight is 481 g/mol. The minimum absolute atomic E-state index is 0.00404. The lowest BCUT2D eigenvalue weighted by Crippen LogP contribution is -2.28. The number of benzene rings is 3. The molecule has 3 aromatic carbocycles. The van der Waals surface area contributed by atoms with Gasteiger partial charge in [-0.25, -0.2) is 0 Å². The second kappa shape index (κ2) is 10.4. The highest BCUT2D eigenvalue weighted by atomic mass is 19.3. The lowest BCUT2D eigenvalue weighted by atomic mass is 10.0. The van der Waals surface area contributed by atoms with Gasteiger partial charge in [-0.05, 0) is 68.7 Å². The van der Waals surface area contributed by atoms with Crippen LogP contribution in [0.25, 0.3) is 0 Å². The molecule has 0 aliphatic carbocycles. The van der Waals surface area contributed by atoms with E-state index in [0.717, 1.165) is 29.3 Å². The largest absolute Gasteiger partial charge is 0.387 e. The Morgan fingerprint density at radius 3 is 2.03 bits per heavy atom. The number of alkyl halides is 2. The molecule has 3 rings (SSSR count). The van der Waals surface area contributed by atoms with Crippen LogP contribution < -0.4 is 10.2 Å². The molecule has 0 heterocycles. The molecule has 35 heavy (non-hydrogen) atoms. The number of carbonyl (C=O) groups is 2. The van der Waals surface area contributed by atoms with Crippen molar-refractivity contribution in [1.82, 2.24) is 0 Å². The molecule has 0 bridgehead atoms. The maximum absolute atomic E-state index is 13.9. The molecule has 0 saturated carbocycles. The monoisotopic (exact) mass is 480 g/mol. The number of hydrogen-bond acceptors (Lipinski definition) is 3. The Morgan fingerprint density at radius 2 is 1.51 bits per heavy atom. The molecule has 7 heteroatoms. The summed E-state index contributed by atoms with van der Waals surface area (Å²) in [5.74, 6) is -3.83. The normalized spacial score (nSPS) is 12.2. The van der Waals surface area contributed by atoms with Crippen molar-refractivity contribution in [3.63, 3.8) is 0 Å². The molecule has 5 nitrogen and oxygen atoms in total. The van der Waals surface area contributed by atoms with Crippen LogP contribution in [0, 0.1) is 20.8 Å². The molecule has 0 spiro atoms. The maximum atomic E-state index is 13.9. The number of carbonyl (C=O) groups excluding carboxylic acids is 2. The summed E-state index contributed by atoms with van der Waals surface area (Å²) in [5.41, 5.74) is 5.31. The molecule has 0 aliphatic heterocycles. The van der Waals surface area contributed by atoms with E-state index in [0.29, 0.717) is 16.8 Å². The first kappa shape index (κ1) is 26.0. The second-order valence-electron chi connectivity index (χ2n) is 8.91. The smallest absolute Gasteiger partial charge is 0.298 e. The van der Waals surface area contributed by atoms with Crippen LogP contribution in [0.1, 0.15) is 45.1 Å². The number of aliphatic hydroxyl groups is 1. The van der Waals surface area contributed by atoms with Crippen LogP contribution in [0.3, 0.4) is 0 Å². The third-order valence-corrected chi connectivity index (χ3v) is 5.92. The number of anilines is 2. The zero-order chi connectivity index (χ0) is 25.9. The van der Waals surface area contributed by atoms with Crippen LogP contribution in [-0.2, 0) is 17.1 Å². The van der Waals surface area contributed by atoms with E-state index in [1.165, 1.54) is 24.3 Å². The van der Waals surface area contributed by atoms with Gasteiger partial charge in [0.2, 0.25) is 5.91 Å². The SMILES string of the molecule is Cc1cc(C)c(N(C)C(=O)c2ccc(NC(=O)Cc3ccc(C(F)(F)C(C)O)cc3)cc2)c(C)c1. The van der Waals surface area contributed by atoms with Crippen molar-refractivity contribution in [2.45, 2.75) is 46.1 Å². The highest BCUT2D eigenvalue weighted by Gasteiger charge is 2.37. The summed E-state index contributed by atoms with van der Waals surface area (Å²) in [6.07, 6.45) is -1.81. The van der Waals surface area contributed by atoms with E-state index >= 15 is 0 Å². The van der Waals surface area contributed by atoms with Crippen LogP contribution in [0.15, 0.2) is 60.7 Å². The molecular weight excluding hydrogens is 450 g/mol. The zero-order valence-electron chi connectivity index (χ0n) is 20.5. The number of halogens is 2. The summed E-state index contributed by atoms with van der Waals surface area (Å²) in [6.45, 7) is 7.00. The van der Waals surface area contributed by atoms with E-state index in [9.17, 15) is 23.5 Å². The van der Waals surface area contributed by atoms with Crippen molar-refractivity contribution in [2.75, 3.05) is 17.3 Å². The van der Waals surface area contributed by atoms with Crippen LogP contribution in [0.4, 0.5) is 20.2 Å². The topological polar surface area (TPSA) is 69.6 Å². The molecule has 0 fully saturated rings. The Bertz CT molecular complexity index is 1200. The van der Waals surface area contributed by atoms with Gasteiger partial charge in [0.25, 0.3) is 11.8 Å². The molecule has 184 valence electrons. The lowest BCUT2D eigenvalue weighted by molar-refractivity contribution is -0.115. The van der Waals surface area contributed by atoms with Crippen LogP contribution in [0.2, 0.25) is 0 Å². The van der Waals surface area contributed by atoms with Crippen LogP contribution >= 0.6 is 0 Å². The van der Waals surface area contributed by atoms with Gasteiger partial charge in [0.05, 0.1) is 6.42 Å². The molecule has 1 atom stereocenters. The zero-order valence-corrected chi connectivity index (χ0v) is 20.5. The van der Waals surface area contributed by atoms with Gasteiger partial charge in [-0.15, -0.1) is 0 Å². The number of hydrogen-bond donors (Lipinski definition) is 2. The number of amides is 2. The molecule has 0 aliphatic rings. The summed E-state index contributed by atoms with van der Waals surface area (Å²) in [6, 6.07) is 16.0. The summed E-state index contributed by atoms with van der Waals surface area (Å²) in [5, 5.41) is 12.0. The van der Waals surface area contributed by atoms with Crippen molar-refractivity contribution in [1.29, 1.82) is 0 Å². The average Bonchev–Trinajstić information content (AvgIpc) is 2.78. The molecular formula is C28H30F2N2O3. The van der Waals surface area contributed by atoms with E-state index < -0.39 is 12.0 Å². The van der Waals surface area contributed by atoms with Crippen molar-refractivity contribution < 1.29 is 23.5 Å². The van der Waals surface area contributed by atoms with Crippen molar-refractivity contribution >= 4 is 23.2 Å². The van der Waals surface area contributed by atoms with Crippen molar-refractivity contribution in [3.8, 4) is 0 Å². The Hall–Kier alpha value is -3.58. The minimum Gasteiger partial charge on any atom is -0.387 e. The molecule has 0 radical (unpaired) electrons. The number of rotatable bonds is 7. The standard InChI is InChI=1S/C28H30F2N2O3/c1-17-14-18(2)26(19(3)15-17)32(5)27(35)22-8-12-24(13-9-22)31-25(34)16-21-6-10-23(11-7-21)28(29,30)20(4)33/h6-15,20,33H,16H2,1-5H3,(H,31,34). The fraction of sp³-hybridized carbons (Fsp3) is 0.286. The van der Waals surface area contributed by atoms with Gasteiger partial charge in [0.1, 0.15) is 6.10 Å². The van der Waals surface area contributed by atoms with Gasteiger partial charge in [0.15, 0.2) is 0 Å². The second-order valence-corrected chi connectivity index (χ2v) is 8.91. The van der Waals surface area contributed by atoms with E-state index in [1.54, 1.807) is 36.2 Å². The van der Waals surface area contributed by atoms with E-state index in [-0.39, 0.29) is 23.8 Å². The third-order valence-electron chi connectivity index (χ3n) is 5.92. The summed E-state index contributed by atoms with van der Waals surface area (Å²) >= 11 is 0. The molecule has 2 N–H and O–H groups in total. The van der Waals surface area contributed by atoms with E-state index in [4.69, 9.17) is 0 Å². The maximum Gasteiger partial charge on any atom is 0.298 e. The molecule has 1 unspecified atom stereocenters. The summed E-state index contributed by atoms with van der Waals surface area (Å²) in [7, 11) is 1.74. The van der Waals surface area contributed by atoms with E-state index in [2.05, 4.69) is 5.32 Å². The van der Waals surface area contributed by atoms with Gasteiger partial charge in [-0.1, -0.05) is 42.0 Å². The van der Waals surface area contributed by atoms with Gasteiger partial charge < -0.3 is 15.3 Å². The fourth-order valence-corrected chi connectivity index (χ4v) is 4.17. The molecule has 2 amide bonds. The number of nitrogens with one attached hydrogen (secondary N) is 1. The number of aryl methyl sites for hydroxylation is 3. The Morgan fingerprint density at radius 1 is 0.971 bits per heavy atom. The highest BCUT2D eigenvalue weighted by Crippen LogP contribution is 2.32. The minimum atomic E-state index is -3.36. The predicted molar refractivity (Wildman–Crippen MR) is 134 cm³/mol. The van der Waals surface area contributed by atoms with Gasteiger partial charge in [-0.3, -0.25) is 9.59 Å². The predicted octanol–water partition coefficient (Wildman–Crippen LogP) is 5.54. The Labute approximate surface area is 204 Å². The van der Waals surface area contributed by atoms with Crippen LogP contribution in [-0.4, -0.2) is 30.1 Å². The third kappa shape index (κ3) is 5.92. The number of aliphatic hydroxyl groups excluding tert-OH is 1. The first-order valence-electron chi connectivity index (χ1n) is 11.3.